The Labute approximate surface area is 306 Å². The summed E-state index contributed by atoms with van der Waals surface area (Å²) in [7, 11) is 1.03. The molecule has 0 aromatic carbocycles. The normalized spacial score (nSPS) is 36.5. The molecule has 16 nitrogen and oxygen atoms in total. The maximum absolute atomic E-state index is 14.4. The molecule has 1 saturated heterocycles. The van der Waals surface area contributed by atoms with Gasteiger partial charge in [-0.3, -0.25) is 28.8 Å². The zero-order valence-electron chi connectivity index (χ0n) is 31.1. The van der Waals surface area contributed by atoms with Crippen LogP contribution in [-0.4, -0.2) is 102 Å². The van der Waals surface area contributed by atoms with Crippen molar-refractivity contribution in [3.8, 4) is 0 Å². The van der Waals surface area contributed by atoms with Crippen molar-refractivity contribution in [3.05, 3.63) is 36.3 Å². The highest BCUT2D eigenvalue weighted by Crippen LogP contribution is 2.68. The number of aliphatic hydroxyl groups is 2. The summed E-state index contributed by atoms with van der Waals surface area (Å²) in [6.45, 7) is 13.0. The molecule has 2 saturated carbocycles. The minimum absolute atomic E-state index is 0.0298. The number of methoxy groups -OCH3 is 1. The molecule has 1 aromatic heterocycles. The molecule has 1 aliphatic heterocycles. The summed E-state index contributed by atoms with van der Waals surface area (Å²) in [6.07, 6.45) is -4.98. The van der Waals surface area contributed by atoms with E-state index in [4.69, 9.17) is 32.8 Å². The molecular formula is C37H48O16. The molecule has 3 fully saturated rings. The second-order valence-corrected chi connectivity index (χ2v) is 14.8. The predicted octanol–water partition coefficient (Wildman–Crippen LogP) is 2.12. The fourth-order valence-electron chi connectivity index (χ4n) is 8.99. The molecular weight excluding hydrogens is 700 g/mol. The number of ketones is 1. The molecule has 1 aromatic rings. The zero-order valence-corrected chi connectivity index (χ0v) is 31.1. The molecule has 16 heteroatoms. The number of cyclic esters (lactones) is 1. The van der Waals surface area contributed by atoms with Gasteiger partial charge in [-0.05, 0) is 30.0 Å². The predicted molar refractivity (Wildman–Crippen MR) is 178 cm³/mol. The maximum atomic E-state index is 14.4. The molecule has 0 unspecified atom stereocenters. The average molecular weight is 749 g/mol. The van der Waals surface area contributed by atoms with E-state index in [-0.39, 0.29) is 18.5 Å². The molecule has 0 bridgehead atoms. The summed E-state index contributed by atoms with van der Waals surface area (Å²) in [5.41, 5.74) is -8.66. The summed E-state index contributed by atoms with van der Waals surface area (Å²) in [5, 5.41) is 24.0. The van der Waals surface area contributed by atoms with Gasteiger partial charge in [-0.25, -0.2) is 4.79 Å². The lowest BCUT2D eigenvalue weighted by Gasteiger charge is -2.60. The van der Waals surface area contributed by atoms with E-state index in [1.165, 1.54) is 33.3 Å². The zero-order chi connectivity index (χ0) is 39.8. The van der Waals surface area contributed by atoms with Gasteiger partial charge in [-0.2, -0.15) is 0 Å². The second-order valence-electron chi connectivity index (χ2n) is 14.8. The van der Waals surface area contributed by atoms with Crippen LogP contribution in [0.4, 0.5) is 0 Å². The van der Waals surface area contributed by atoms with E-state index in [0.29, 0.717) is 12.0 Å². The standard InChI is InChI=1S/C37H48O16/c1-10-18(2)28(43)32(44)52-31-29(50-17-38)27(19(3)37(46)24(41)13-23(36(31,37)8)22-11-12-48-15-22)35(7)25(51-21(5)40)14-26(42)53-34(6,16-49-20(4)39)30(35)33(45)47-9/h11-12,15,17-18,23,25,27-31,43,46H,3,10,13-14,16H2,1-2,4-9H3/t18-,23+,25+,27-,28-,29-,30+,31+,34-,35-,36-,37-/m1/s1. The van der Waals surface area contributed by atoms with Crippen molar-refractivity contribution in [1.82, 2.24) is 0 Å². The number of ether oxygens (including phenoxy) is 6. The fourth-order valence-corrected chi connectivity index (χ4v) is 8.99. The third kappa shape index (κ3) is 6.64. The first-order valence-electron chi connectivity index (χ1n) is 17.2. The summed E-state index contributed by atoms with van der Waals surface area (Å²) < 4.78 is 39.2. The van der Waals surface area contributed by atoms with Gasteiger partial charge in [0.25, 0.3) is 6.47 Å². The van der Waals surface area contributed by atoms with Crippen molar-refractivity contribution >= 4 is 42.1 Å². The van der Waals surface area contributed by atoms with Crippen LogP contribution < -0.4 is 0 Å². The van der Waals surface area contributed by atoms with Crippen molar-refractivity contribution in [2.45, 2.75) is 109 Å². The first-order valence-corrected chi connectivity index (χ1v) is 17.2. The van der Waals surface area contributed by atoms with Crippen molar-refractivity contribution in [2.24, 2.45) is 28.6 Å². The quantitative estimate of drug-likeness (QED) is 0.135. The Morgan fingerprint density at radius 3 is 2.28 bits per heavy atom. The summed E-state index contributed by atoms with van der Waals surface area (Å²) in [6, 6.07) is 1.55. The SMILES string of the molecule is C=C1[C@@H]([C@@]2(C)[C@@H](OC(C)=O)CC(=O)O[C@](C)(COC(C)=O)[C@@H]2C(=O)OC)[C@@H](OC=O)[C@H](OC(=O)[C@H](O)[C@H](C)CC)[C@@]2(C)[C@H](c3ccoc3)CC(=O)[C@]12O. The molecule has 3 aliphatic rings. The number of carbonyl (C=O) groups excluding carboxylic acids is 7. The van der Waals surface area contributed by atoms with Gasteiger partial charge in [0.15, 0.2) is 23.1 Å². The number of aliphatic hydroxyl groups excluding tert-OH is 1. The number of esters is 5. The van der Waals surface area contributed by atoms with Crippen molar-refractivity contribution in [3.63, 3.8) is 0 Å². The molecule has 2 aliphatic carbocycles. The number of rotatable bonds is 12. The Kier molecular flexibility index (Phi) is 11.7. The molecule has 0 amide bonds. The largest absolute Gasteiger partial charge is 0.472 e. The van der Waals surface area contributed by atoms with Gasteiger partial charge >= 0.3 is 29.8 Å². The van der Waals surface area contributed by atoms with Crippen LogP contribution in [0.3, 0.4) is 0 Å². The molecule has 53 heavy (non-hydrogen) atoms. The molecule has 0 spiro atoms. The van der Waals surface area contributed by atoms with Crippen LogP contribution >= 0.6 is 0 Å². The average Bonchev–Trinajstić information content (AvgIpc) is 3.68. The fraction of sp³-hybridized carbons (Fsp3) is 0.649. The minimum Gasteiger partial charge on any atom is -0.472 e. The molecule has 12 atom stereocenters. The Morgan fingerprint density at radius 1 is 1.09 bits per heavy atom. The Balaban J connectivity index is 2.13. The van der Waals surface area contributed by atoms with E-state index in [2.05, 4.69) is 6.58 Å². The number of carbonyl (C=O) groups is 7. The summed E-state index contributed by atoms with van der Waals surface area (Å²) in [4.78, 5) is 93.2. The van der Waals surface area contributed by atoms with Crippen molar-refractivity contribution in [2.75, 3.05) is 13.7 Å². The Morgan fingerprint density at radius 2 is 1.75 bits per heavy atom. The van der Waals surface area contributed by atoms with E-state index in [1.807, 2.05) is 0 Å². The Hall–Kier alpha value is -4.57. The Bertz CT molecular complexity index is 1630. The van der Waals surface area contributed by atoms with Gasteiger partial charge in [-0.15, -0.1) is 0 Å². The van der Waals surface area contributed by atoms with E-state index in [1.54, 1.807) is 19.9 Å². The molecule has 2 heterocycles. The van der Waals surface area contributed by atoms with Crippen LogP contribution in [0.25, 0.3) is 0 Å². The minimum atomic E-state index is -2.64. The molecule has 292 valence electrons. The first-order chi connectivity index (χ1) is 24.7. The van der Waals surface area contributed by atoms with E-state index >= 15 is 0 Å². The monoisotopic (exact) mass is 748 g/mol. The number of furan rings is 1. The lowest BCUT2D eigenvalue weighted by Crippen LogP contribution is -2.72. The lowest BCUT2D eigenvalue weighted by molar-refractivity contribution is -0.240. The number of hydrogen-bond acceptors (Lipinski definition) is 16. The van der Waals surface area contributed by atoms with Crippen molar-refractivity contribution < 1.29 is 76.6 Å². The highest BCUT2D eigenvalue weighted by molar-refractivity contribution is 5.96. The van der Waals surface area contributed by atoms with Gasteiger partial charge in [0.05, 0.1) is 31.5 Å². The summed E-state index contributed by atoms with van der Waals surface area (Å²) in [5.74, 6) is -10.8. The van der Waals surface area contributed by atoms with E-state index < -0.39 is 119 Å². The highest BCUT2D eigenvalue weighted by atomic mass is 16.6. The smallest absolute Gasteiger partial charge is 0.335 e. The number of Topliss-reactive ketones (excluding diaryl/α,β-unsaturated/α-hetero) is 1. The van der Waals surface area contributed by atoms with Gasteiger partial charge in [0, 0.05) is 37.5 Å². The van der Waals surface area contributed by atoms with Gasteiger partial charge in [-0.1, -0.05) is 40.7 Å². The summed E-state index contributed by atoms with van der Waals surface area (Å²) >= 11 is 0. The topological polar surface area (TPSA) is 228 Å². The first kappa shape index (κ1) is 41.2. The van der Waals surface area contributed by atoms with Crippen LogP contribution in [0.5, 0.6) is 0 Å². The van der Waals surface area contributed by atoms with Crippen LogP contribution in [-0.2, 0) is 62.0 Å². The molecule has 4 rings (SSSR count). The lowest BCUT2D eigenvalue weighted by atomic mass is 9.47. The van der Waals surface area contributed by atoms with Crippen molar-refractivity contribution in [1.29, 1.82) is 0 Å². The molecule has 0 radical (unpaired) electrons. The van der Waals surface area contributed by atoms with E-state index in [0.717, 1.165) is 21.0 Å². The van der Waals surface area contributed by atoms with E-state index in [9.17, 15) is 43.8 Å². The van der Waals surface area contributed by atoms with Gasteiger partial charge in [0.1, 0.15) is 30.8 Å². The number of hydrogen-bond donors (Lipinski definition) is 2. The van der Waals surface area contributed by atoms with Gasteiger partial charge in [0.2, 0.25) is 0 Å². The molecule has 2 N–H and O–H groups in total. The second kappa shape index (κ2) is 15.0. The number of fused-ring (bicyclic) bond motifs is 1. The third-order valence-corrected chi connectivity index (χ3v) is 11.8. The van der Waals surface area contributed by atoms with Crippen LogP contribution in [0.15, 0.2) is 35.2 Å². The van der Waals surface area contributed by atoms with Crippen LogP contribution in [0.2, 0.25) is 0 Å². The highest BCUT2D eigenvalue weighted by Gasteiger charge is 2.78. The third-order valence-electron chi connectivity index (χ3n) is 11.8. The van der Waals surface area contributed by atoms with Gasteiger partial charge < -0.3 is 43.1 Å². The van der Waals surface area contributed by atoms with Crippen LogP contribution in [0, 0.1) is 28.6 Å². The van der Waals surface area contributed by atoms with Crippen LogP contribution in [0.1, 0.15) is 79.2 Å². The maximum Gasteiger partial charge on any atom is 0.335 e.